The number of nitrogens with zero attached hydrogens (tertiary/aromatic N) is 1. The third kappa shape index (κ3) is 2.79. The Bertz CT molecular complexity index is 321. The van der Waals surface area contributed by atoms with E-state index < -0.39 is 0 Å². The Labute approximate surface area is 99.4 Å². The quantitative estimate of drug-likeness (QED) is 0.893. The maximum absolute atomic E-state index is 6.28. The summed E-state index contributed by atoms with van der Waals surface area (Å²) in [6.07, 6.45) is 10.3. The van der Waals surface area contributed by atoms with Crippen LogP contribution in [0.2, 0.25) is 0 Å². The van der Waals surface area contributed by atoms with Crippen molar-refractivity contribution in [1.82, 2.24) is 4.98 Å². The van der Waals surface area contributed by atoms with Gasteiger partial charge in [0.15, 0.2) is 0 Å². The van der Waals surface area contributed by atoms with Crippen LogP contribution in [0.5, 0.6) is 0 Å². The summed E-state index contributed by atoms with van der Waals surface area (Å²) in [5.41, 5.74) is 7.44. The summed E-state index contributed by atoms with van der Waals surface area (Å²) >= 11 is 3.44. The predicted octanol–water partition coefficient (Wildman–Crippen LogP) is 3.42. The summed E-state index contributed by atoms with van der Waals surface area (Å²) in [7, 11) is 0. The zero-order valence-electron chi connectivity index (χ0n) is 8.82. The molecule has 1 atom stereocenters. The predicted molar refractivity (Wildman–Crippen MR) is 65.4 cm³/mol. The van der Waals surface area contributed by atoms with Crippen molar-refractivity contribution in [3.63, 3.8) is 0 Å². The number of nitrogens with two attached hydrogens (primary N) is 1. The maximum Gasteiger partial charge on any atom is 0.0410 e. The molecule has 1 aromatic heterocycles. The molecule has 1 fully saturated rings. The van der Waals surface area contributed by atoms with Crippen LogP contribution in [-0.4, -0.2) is 4.98 Å². The molecule has 0 amide bonds. The van der Waals surface area contributed by atoms with Crippen LogP contribution < -0.4 is 5.73 Å². The van der Waals surface area contributed by atoms with Gasteiger partial charge < -0.3 is 5.73 Å². The maximum atomic E-state index is 6.28. The SMILES string of the molecule is NC(c1cncc(Br)c1)C1CCCCC1. The largest absolute Gasteiger partial charge is 0.324 e. The van der Waals surface area contributed by atoms with Crippen molar-refractivity contribution in [2.24, 2.45) is 11.7 Å². The number of pyridine rings is 1. The lowest BCUT2D eigenvalue weighted by atomic mass is 9.82. The average Bonchev–Trinajstić information content (AvgIpc) is 2.29. The Morgan fingerprint density at radius 3 is 2.67 bits per heavy atom. The van der Waals surface area contributed by atoms with E-state index in [0.717, 1.165) is 10.0 Å². The van der Waals surface area contributed by atoms with E-state index in [9.17, 15) is 0 Å². The first-order valence-corrected chi connectivity index (χ1v) is 6.42. The van der Waals surface area contributed by atoms with Crippen LogP contribution in [0.3, 0.4) is 0 Å². The molecule has 1 aromatic rings. The molecule has 1 unspecified atom stereocenters. The molecule has 1 aliphatic rings. The van der Waals surface area contributed by atoms with Crippen LogP contribution in [0.1, 0.15) is 43.7 Å². The number of aromatic nitrogens is 1. The highest BCUT2D eigenvalue weighted by atomic mass is 79.9. The van der Waals surface area contributed by atoms with Gasteiger partial charge >= 0.3 is 0 Å². The minimum absolute atomic E-state index is 0.162. The van der Waals surface area contributed by atoms with Crippen LogP contribution in [-0.2, 0) is 0 Å². The molecule has 0 aliphatic heterocycles. The number of rotatable bonds is 2. The lowest BCUT2D eigenvalue weighted by molar-refractivity contribution is 0.308. The smallest absolute Gasteiger partial charge is 0.0410 e. The number of hydrogen-bond donors (Lipinski definition) is 1. The van der Waals surface area contributed by atoms with Crippen LogP contribution in [0.4, 0.5) is 0 Å². The molecule has 3 heteroatoms. The molecular weight excluding hydrogens is 252 g/mol. The van der Waals surface area contributed by atoms with E-state index in [2.05, 4.69) is 27.0 Å². The monoisotopic (exact) mass is 268 g/mol. The molecule has 2 nitrogen and oxygen atoms in total. The van der Waals surface area contributed by atoms with Crippen LogP contribution in [0.15, 0.2) is 22.9 Å². The van der Waals surface area contributed by atoms with E-state index in [4.69, 9.17) is 5.73 Å². The zero-order chi connectivity index (χ0) is 10.7. The highest BCUT2D eigenvalue weighted by molar-refractivity contribution is 9.10. The molecule has 0 radical (unpaired) electrons. The average molecular weight is 269 g/mol. The molecule has 0 aromatic carbocycles. The molecular formula is C12H17BrN2. The van der Waals surface area contributed by atoms with Crippen molar-refractivity contribution < 1.29 is 0 Å². The van der Waals surface area contributed by atoms with Gasteiger partial charge in [0.1, 0.15) is 0 Å². The van der Waals surface area contributed by atoms with Crippen molar-refractivity contribution >= 4 is 15.9 Å². The second-order valence-corrected chi connectivity index (χ2v) is 5.28. The Morgan fingerprint density at radius 2 is 2.00 bits per heavy atom. The van der Waals surface area contributed by atoms with E-state index in [1.807, 2.05) is 6.20 Å². The van der Waals surface area contributed by atoms with Gasteiger partial charge in [-0.05, 0) is 46.3 Å². The van der Waals surface area contributed by atoms with Crippen LogP contribution in [0.25, 0.3) is 0 Å². The second-order valence-electron chi connectivity index (χ2n) is 4.36. The van der Waals surface area contributed by atoms with Gasteiger partial charge in [0.2, 0.25) is 0 Å². The van der Waals surface area contributed by atoms with Crippen LogP contribution in [0, 0.1) is 5.92 Å². The van der Waals surface area contributed by atoms with Crippen LogP contribution >= 0.6 is 15.9 Å². The minimum Gasteiger partial charge on any atom is -0.324 e. The fourth-order valence-electron chi connectivity index (χ4n) is 2.38. The highest BCUT2D eigenvalue weighted by Crippen LogP contribution is 2.33. The molecule has 0 saturated heterocycles. The first-order valence-electron chi connectivity index (χ1n) is 5.63. The lowest BCUT2D eigenvalue weighted by Crippen LogP contribution is -2.23. The van der Waals surface area contributed by atoms with Crippen molar-refractivity contribution in [1.29, 1.82) is 0 Å². The Morgan fingerprint density at radius 1 is 1.27 bits per heavy atom. The van der Waals surface area contributed by atoms with Crippen molar-refractivity contribution in [3.8, 4) is 0 Å². The molecule has 1 aliphatic carbocycles. The number of halogens is 1. The van der Waals surface area contributed by atoms with Gasteiger partial charge in [-0.1, -0.05) is 19.3 Å². The molecule has 1 heterocycles. The van der Waals surface area contributed by atoms with Gasteiger partial charge in [0.25, 0.3) is 0 Å². The van der Waals surface area contributed by atoms with E-state index in [1.54, 1.807) is 6.20 Å². The van der Waals surface area contributed by atoms with Gasteiger partial charge in [0, 0.05) is 22.9 Å². The summed E-state index contributed by atoms with van der Waals surface area (Å²) in [4.78, 5) is 4.17. The first-order chi connectivity index (χ1) is 7.27. The summed E-state index contributed by atoms with van der Waals surface area (Å²) in [5, 5.41) is 0. The standard InChI is InChI=1S/C12H17BrN2/c13-11-6-10(7-15-8-11)12(14)9-4-2-1-3-5-9/h6-9,12H,1-5,14H2. The Kier molecular flexibility index (Phi) is 3.76. The van der Waals surface area contributed by atoms with Gasteiger partial charge in [-0.2, -0.15) is 0 Å². The third-order valence-corrected chi connectivity index (χ3v) is 3.70. The zero-order valence-corrected chi connectivity index (χ0v) is 10.4. The van der Waals surface area contributed by atoms with Crippen molar-refractivity contribution in [2.75, 3.05) is 0 Å². The number of hydrogen-bond acceptors (Lipinski definition) is 2. The van der Waals surface area contributed by atoms with E-state index in [1.165, 1.54) is 32.1 Å². The van der Waals surface area contributed by atoms with Gasteiger partial charge in [-0.3, -0.25) is 4.98 Å². The molecule has 1 saturated carbocycles. The van der Waals surface area contributed by atoms with Gasteiger partial charge in [-0.15, -0.1) is 0 Å². The lowest BCUT2D eigenvalue weighted by Gasteiger charge is -2.27. The molecule has 2 rings (SSSR count). The Balaban J connectivity index is 2.08. The van der Waals surface area contributed by atoms with Gasteiger partial charge in [-0.25, -0.2) is 0 Å². The topological polar surface area (TPSA) is 38.9 Å². The molecule has 0 bridgehead atoms. The Hall–Kier alpha value is -0.410. The molecule has 15 heavy (non-hydrogen) atoms. The molecule has 2 N–H and O–H groups in total. The third-order valence-electron chi connectivity index (χ3n) is 3.27. The molecule has 0 spiro atoms. The van der Waals surface area contributed by atoms with E-state index in [-0.39, 0.29) is 6.04 Å². The van der Waals surface area contributed by atoms with Gasteiger partial charge in [0.05, 0.1) is 0 Å². The fourth-order valence-corrected chi connectivity index (χ4v) is 2.76. The fraction of sp³-hybridized carbons (Fsp3) is 0.583. The van der Waals surface area contributed by atoms with Crippen molar-refractivity contribution in [2.45, 2.75) is 38.1 Å². The molecule has 82 valence electrons. The highest BCUT2D eigenvalue weighted by Gasteiger charge is 2.21. The first kappa shape index (κ1) is 11.1. The summed E-state index contributed by atoms with van der Waals surface area (Å²) < 4.78 is 1.02. The summed E-state index contributed by atoms with van der Waals surface area (Å²) in [6, 6.07) is 2.25. The van der Waals surface area contributed by atoms with E-state index in [0.29, 0.717) is 5.92 Å². The normalized spacial score (nSPS) is 20.1. The van der Waals surface area contributed by atoms with Crippen molar-refractivity contribution in [3.05, 3.63) is 28.5 Å². The minimum atomic E-state index is 0.162. The summed E-state index contributed by atoms with van der Waals surface area (Å²) in [6.45, 7) is 0. The second kappa shape index (κ2) is 5.08. The van der Waals surface area contributed by atoms with E-state index >= 15 is 0 Å². The summed E-state index contributed by atoms with van der Waals surface area (Å²) in [5.74, 6) is 0.648.